The van der Waals surface area contributed by atoms with Crippen LogP contribution in [0.4, 0.5) is 0 Å². The maximum atomic E-state index is 6.01. The topological polar surface area (TPSA) is 35.2 Å². The summed E-state index contributed by atoms with van der Waals surface area (Å²) < 4.78 is 6.29. The molecule has 0 radical (unpaired) electrons. The molecule has 2 aromatic carbocycles. The van der Waals surface area contributed by atoms with Gasteiger partial charge in [0.05, 0.1) is 7.11 Å². The van der Waals surface area contributed by atoms with Crippen LogP contribution in [0.25, 0.3) is 0 Å². The highest BCUT2D eigenvalue weighted by molar-refractivity contribution is 9.10. The van der Waals surface area contributed by atoms with Gasteiger partial charge in [0.15, 0.2) is 0 Å². The molecule has 2 aromatic rings. The molecule has 0 fully saturated rings. The SMILES string of the molecule is CCC(N)Cc1ccc(Sc2ccc(OC)cc2)c(Br)c1. The first-order valence-electron chi connectivity index (χ1n) is 6.98. The van der Waals surface area contributed by atoms with Crippen LogP contribution in [0.1, 0.15) is 18.9 Å². The lowest BCUT2D eigenvalue weighted by molar-refractivity contribution is 0.414. The largest absolute Gasteiger partial charge is 0.497 e. The normalized spacial score (nSPS) is 12.2. The summed E-state index contributed by atoms with van der Waals surface area (Å²) in [5.41, 5.74) is 7.29. The van der Waals surface area contributed by atoms with Crippen LogP contribution in [0.5, 0.6) is 5.75 Å². The Hall–Kier alpha value is -0.970. The van der Waals surface area contributed by atoms with Gasteiger partial charge in [0, 0.05) is 20.3 Å². The summed E-state index contributed by atoms with van der Waals surface area (Å²) in [5.74, 6) is 0.877. The Labute approximate surface area is 139 Å². The molecule has 0 heterocycles. The lowest BCUT2D eigenvalue weighted by atomic mass is 10.1. The summed E-state index contributed by atoms with van der Waals surface area (Å²) in [6.45, 7) is 2.12. The predicted molar refractivity (Wildman–Crippen MR) is 93.2 cm³/mol. The molecule has 2 nitrogen and oxygen atoms in total. The molecular formula is C17H20BrNOS. The van der Waals surface area contributed by atoms with E-state index < -0.39 is 0 Å². The lowest BCUT2D eigenvalue weighted by Crippen LogP contribution is -2.21. The second-order valence-corrected chi connectivity index (χ2v) is 6.88. The Balaban J connectivity index is 2.09. The number of ether oxygens (including phenoxy) is 1. The molecule has 0 aromatic heterocycles. The number of halogens is 1. The second-order valence-electron chi connectivity index (χ2n) is 4.91. The van der Waals surface area contributed by atoms with Crippen molar-refractivity contribution in [3.05, 3.63) is 52.5 Å². The molecule has 0 spiro atoms. The molecule has 4 heteroatoms. The fraction of sp³-hybridized carbons (Fsp3) is 0.294. The predicted octanol–water partition coefficient (Wildman–Crippen LogP) is 4.89. The first-order chi connectivity index (χ1) is 10.1. The molecule has 0 aliphatic carbocycles. The first kappa shape index (κ1) is 16.4. The average molecular weight is 366 g/mol. The van der Waals surface area contributed by atoms with Crippen molar-refractivity contribution < 1.29 is 4.74 Å². The number of nitrogens with two attached hydrogens (primary N) is 1. The third kappa shape index (κ3) is 4.77. The highest BCUT2D eigenvalue weighted by atomic mass is 79.9. The highest BCUT2D eigenvalue weighted by Crippen LogP contribution is 2.34. The van der Waals surface area contributed by atoms with Crippen molar-refractivity contribution in [2.24, 2.45) is 5.73 Å². The van der Waals surface area contributed by atoms with E-state index in [1.807, 2.05) is 12.1 Å². The van der Waals surface area contributed by atoms with Crippen molar-refractivity contribution in [1.82, 2.24) is 0 Å². The van der Waals surface area contributed by atoms with Gasteiger partial charge >= 0.3 is 0 Å². The van der Waals surface area contributed by atoms with Crippen molar-refractivity contribution in [2.45, 2.75) is 35.6 Å². The Morgan fingerprint density at radius 2 is 1.90 bits per heavy atom. The number of methoxy groups -OCH3 is 1. The zero-order chi connectivity index (χ0) is 15.2. The van der Waals surface area contributed by atoms with Gasteiger partial charge in [0.1, 0.15) is 5.75 Å². The molecule has 2 rings (SSSR count). The summed E-state index contributed by atoms with van der Waals surface area (Å²) in [5, 5.41) is 0. The van der Waals surface area contributed by atoms with Crippen molar-refractivity contribution in [1.29, 1.82) is 0 Å². The summed E-state index contributed by atoms with van der Waals surface area (Å²) in [6, 6.07) is 14.8. The molecule has 0 aliphatic heterocycles. The highest BCUT2D eigenvalue weighted by Gasteiger charge is 2.07. The van der Waals surface area contributed by atoms with Crippen molar-refractivity contribution in [3.8, 4) is 5.75 Å². The maximum absolute atomic E-state index is 6.01. The standard InChI is InChI=1S/C17H20BrNOS/c1-3-13(19)10-12-4-9-17(16(18)11-12)21-15-7-5-14(20-2)6-8-15/h4-9,11,13H,3,10,19H2,1-2H3. The van der Waals surface area contributed by atoms with Gasteiger partial charge in [-0.05, 0) is 70.7 Å². The van der Waals surface area contributed by atoms with E-state index in [9.17, 15) is 0 Å². The van der Waals surface area contributed by atoms with Crippen molar-refractivity contribution >= 4 is 27.7 Å². The van der Waals surface area contributed by atoms with Gasteiger partial charge in [0.2, 0.25) is 0 Å². The Bertz CT molecular complexity index is 586. The van der Waals surface area contributed by atoms with Crippen LogP contribution in [0, 0.1) is 0 Å². The van der Waals surface area contributed by atoms with E-state index in [2.05, 4.69) is 53.2 Å². The molecule has 0 saturated heterocycles. The van der Waals surface area contributed by atoms with E-state index in [-0.39, 0.29) is 6.04 Å². The third-order valence-electron chi connectivity index (χ3n) is 3.31. The van der Waals surface area contributed by atoms with E-state index in [1.165, 1.54) is 15.4 Å². The van der Waals surface area contributed by atoms with Crippen LogP contribution in [0.15, 0.2) is 56.7 Å². The molecule has 1 unspecified atom stereocenters. The minimum absolute atomic E-state index is 0.233. The van der Waals surface area contributed by atoms with Crippen molar-refractivity contribution in [2.75, 3.05) is 7.11 Å². The fourth-order valence-electron chi connectivity index (χ4n) is 1.97. The van der Waals surface area contributed by atoms with Crippen LogP contribution >= 0.6 is 27.7 Å². The summed E-state index contributed by atoms with van der Waals surface area (Å²) in [7, 11) is 1.68. The van der Waals surface area contributed by atoms with Crippen LogP contribution in [-0.4, -0.2) is 13.2 Å². The molecule has 0 aliphatic rings. The molecule has 1 atom stereocenters. The summed E-state index contributed by atoms with van der Waals surface area (Å²) >= 11 is 5.39. The Morgan fingerprint density at radius 3 is 2.48 bits per heavy atom. The van der Waals surface area contributed by atoms with E-state index in [0.717, 1.165) is 23.1 Å². The van der Waals surface area contributed by atoms with E-state index in [4.69, 9.17) is 10.5 Å². The molecule has 2 N–H and O–H groups in total. The van der Waals surface area contributed by atoms with Crippen LogP contribution in [-0.2, 0) is 6.42 Å². The number of hydrogen-bond donors (Lipinski definition) is 1. The zero-order valence-electron chi connectivity index (χ0n) is 12.3. The van der Waals surface area contributed by atoms with E-state index >= 15 is 0 Å². The molecule has 0 saturated carbocycles. The number of benzene rings is 2. The van der Waals surface area contributed by atoms with Gasteiger partial charge in [-0.3, -0.25) is 0 Å². The molecule has 0 amide bonds. The number of hydrogen-bond acceptors (Lipinski definition) is 3. The quantitative estimate of drug-likeness (QED) is 0.791. The Morgan fingerprint density at radius 1 is 1.19 bits per heavy atom. The van der Waals surface area contributed by atoms with Crippen molar-refractivity contribution in [3.63, 3.8) is 0 Å². The van der Waals surface area contributed by atoms with Gasteiger partial charge in [-0.2, -0.15) is 0 Å². The van der Waals surface area contributed by atoms with E-state index in [0.29, 0.717) is 0 Å². The molecule has 0 bridgehead atoms. The summed E-state index contributed by atoms with van der Waals surface area (Å²) in [4.78, 5) is 2.39. The maximum Gasteiger partial charge on any atom is 0.118 e. The number of rotatable bonds is 6. The minimum Gasteiger partial charge on any atom is -0.497 e. The smallest absolute Gasteiger partial charge is 0.118 e. The molecule has 112 valence electrons. The first-order valence-corrected chi connectivity index (χ1v) is 8.59. The molecular weight excluding hydrogens is 346 g/mol. The zero-order valence-corrected chi connectivity index (χ0v) is 14.7. The lowest BCUT2D eigenvalue weighted by Gasteiger charge is -2.11. The van der Waals surface area contributed by atoms with Gasteiger partial charge in [-0.25, -0.2) is 0 Å². The van der Waals surface area contributed by atoms with Gasteiger partial charge in [-0.15, -0.1) is 0 Å². The minimum atomic E-state index is 0.233. The second kappa shape index (κ2) is 7.87. The van der Waals surface area contributed by atoms with Crippen LogP contribution in [0.2, 0.25) is 0 Å². The fourth-order valence-corrected chi connectivity index (χ4v) is 3.46. The van der Waals surface area contributed by atoms with Gasteiger partial charge < -0.3 is 10.5 Å². The van der Waals surface area contributed by atoms with Crippen LogP contribution < -0.4 is 10.5 Å². The van der Waals surface area contributed by atoms with Crippen LogP contribution in [0.3, 0.4) is 0 Å². The summed E-state index contributed by atoms with van der Waals surface area (Å²) in [6.07, 6.45) is 1.92. The average Bonchev–Trinajstić information content (AvgIpc) is 2.50. The third-order valence-corrected chi connectivity index (χ3v) is 5.31. The van der Waals surface area contributed by atoms with E-state index in [1.54, 1.807) is 18.9 Å². The van der Waals surface area contributed by atoms with Gasteiger partial charge in [-0.1, -0.05) is 24.8 Å². The molecule has 21 heavy (non-hydrogen) atoms. The Kier molecular flexibility index (Phi) is 6.15. The monoisotopic (exact) mass is 365 g/mol. The van der Waals surface area contributed by atoms with Gasteiger partial charge in [0.25, 0.3) is 0 Å².